The van der Waals surface area contributed by atoms with Gasteiger partial charge in [-0.3, -0.25) is 0 Å². The summed E-state index contributed by atoms with van der Waals surface area (Å²) in [7, 11) is 1.92. The van der Waals surface area contributed by atoms with Crippen molar-refractivity contribution in [2.75, 3.05) is 7.05 Å². The molecule has 188 valence electrons. The normalized spacial score (nSPS) is 12.0. The van der Waals surface area contributed by atoms with Crippen LogP contribution in [0, 0.1) is 0 Å². The smallest absolute Gasteiger partial charge is 0.173 e. The van der Waals surface area contributed by atoms with E-state index in [0.717, 1.165) is 6.54 Å². The molecular weight excluding hydrogens is 464 g/mol. The molecule has 0 fully saturated rings. The van der Waals surface area contributed by atoms with E-state index < -0.39 is 0 Å². The molecule has 0 unspecified atom stereocenters. The summed E-state index contributed by atoms with van der Waals surface area (Å²) in [6, 6.07) is 32.4. The number of pyridine rings is 1. The molecule has 0 aliphatic heterocycles. The average molecular weight is 499 g/mol. The molecule has 3 nitrogen and oxygen atoms in total. The van der Waals surface area contributed by atoms with Crippen LogP contribution in [0.25, 0.3) is 27.1 Å². The first-order valence-corrected chi connectivity index (χ1v) is 13.0. The molecule has 38 heavy (non-hydrogen) atoms. The van der Waals surface area contributed by atoms with E-state index in [1.54, 1.807) is 4.58 Å². The Balaban J connectivity index is 1.22. The molecule has 1 heterocycles. The maximum Gasteiger partial charge on any atom is 0.173 e. The fourth-order valence-corrected chi connectivity index (χ4v) is 4.81. The third-order valence-corrected chi connectivity index (χ3v) is 6.83. The lowest BCUT2D eigenvalue weighted by Crippen LogP contribution is -2.33. The van der Waals surface area contributed by atoms with Gasteiger partial charge in [0, 0.05) is 23.8 Å². The highest BCUT2D eigenvalue weighted by molar-refractivity contribution is 6.02. The van der Waals surface area contributed by atoms with Crippen LogP contribution in [0.4, 0.5) is 0 Å². The molecule has 0 saturated heterocycles. The molecule has 5 rings (SSSR count). The van der Waals surface area contributed by atoms with Crippen molar-refractivity contribution in [3.8, 4) is 0 Å². The van der Waals surface area contributed by atoms with Gasteiger partial charge in [-0.25, -0.2) is 9.14 Å². The second kappa shape index (κ2) is 11.8. The van der Waals surface area contributed by atoms with E-state index in [9.17, 15) is 0 Å². The number of nitrogens with zero attached hydrogens (tertiary/aromatic N) is 2. The molecule has 0 radical (unpaired) electrons. The van der Waals surface area contributed by atoms with Gasteiger partial charge in [-0.15, -0.1) is 0 Å². The largest absolute Gasteiger partial charge is 0.372 e. The SMILES string of the molecule is C=[N+](C)/C=C\C(=C/C)c1cc[n+](Cc2ccc(COCc3c4ccccc4cc4ccccc34)cc2)cc1. The topological polar surface area (TPSA) is 16.1 Å². The zero-order chi connectivity index (χ0) is 26.3. The van der Waals surface area contributed by atoms with Gasteiger partial charge in [0.25, 0.3) is 0 Å². The van der Waals surface area contributed by atoms with Crippen LogP contribution in [0.15, 0.2) is 122 Å². The van der Waals surface area contributed by atoms with Gasteiger partial charge in [0.15, 0.2) is 25.1 Å². The van der Waals surface area contributed by atoms with Crippen molar-refractivity contribution in [3.05, 3.63) is 144 Å². The van der Waals surface area contributed by atoms with E-state index in [4.69, 9.17) is 4.74 Å². The number of hydrogen-bond donors (Lipinski definition) is 0. The van der Waals surface area contributed by atoms with Gasteiger partial charge in [-0.2, -0.15) is 0 Å². The summed E-state index contributed by atoms with van der Waals surface area (Å²) in [5.74, 6) is 0. The first kappa shape index (κ1) is 25.3. The number of rotatable bonds is 9. The zero-order valence-electron chi connectivity index (χ0n) is 22.2. The van der Waals surface area contributed by atoms with Crippen LogP contribution in [0.3, 0.4) is 0 Å². The summed E-state index contributed by atoms with van der Waals surface area (Å²) in [5, 5.41) is 5.03. The highest BCUT2D eigenvalue weighted by Gasteiger charge is 2.09. The Bertz CT molecular complexity index is 1570. The molecule has 0 bridgehead atoms. The quantitative estimate of drug-likeness (QED) is 0.0901. The molecular formula is C35H34N2O+2. The predicted octanol–water partition coefficient (Wildman–Crippen LogP) is 7.31. The Morgan fingerprint density at radius 3 is 2.03 bits per heavy atom. The third-order valence-electron chi connectivity index (χ3n) is 6.83. The van der Waals surface area contributed by atoms with Gasteiger partial charge in [-0.05, 0) is 56.8 Å². The second-order valence-corrected chi connectivity index (χ2v) is 9.68. The summed E-state index contributed by atoms with van der Waals surface area (Å²) >= 11 is 0. The second-order valence-electron chi connectivity index (χ2n) is 9.68. The zero-order valence-corrected chi connectivity index (χ0v) is 22.2. The van der Waals surface area contributed by atoms with Crippen molar-refractivity contribution in [1.29, 1.82) is 0 Å². The fourth-order valence-electron chi connectivity index (χ4n) is 4.81. The molecule has 0 spiro atoms. The van der Waals surface area contributed by atoms with Crippen LogP contribution in [0.2, 0.25) is 0 Å². The van der Waals surface area contributed by atoms with E-state index in [0.29, 0.717) is 13.2 Å². The van der Waals surface area contributed by atoms with Gasteiger partial charge in [0.05, 0.1) is 13.2 Å². The van der Waals surface area contributed by atoms with E-state index in [2.05, 4.69) is 134 Å². The predicted molar refractivity (Wildman–Crippen MR) is 158 cm³/mol. The molecule has 3 heteroatoms. The minimum Gasteiger partial charge on any atom is -0.372 e. The molecule has 0 amide bonds. The average Bonchev–Trinajstić information content (AvgIpc) is 2.94. The number of fused-ring (bicyclic) bond motifs is 2. The highest BCUT2D eigenvalue weighted by Crippen LogP contribution is 2.29. The van der Waals surface area contributed by atoms with Crippen LogP contribution in [-0.4, -0.2) is 18.3 Å². The molecule has 0 aliphatic carbocycles. The number of ether oxygens (including phenoxy) is 1. The number of hydrogen-bond acceptors (Lipinski definition) is 1. The summed E-state index contributed by atoms with van der Waals surface area (Å²) in [6.07, 6.45) is 10.4. The van der Waals surface area contributed by atoms with Crippen LogP contribution in [0.1, 0.15) is 29.2 Å². The standard InChI is InChI=1S/C35H34N2O/c1-4-29(17-20-36(2)3)30-18-21-37(22-19-30)24-27-13-15-28(16-14-27)25-38-26-35-33-11-7-5-9-31(33)23-32-10-6-8-12-34(32)35/h4-23H,2,24-26H2,1,3H3/q+2/b20-17-,29-4+. The Kier molecular flexibility index (Phi) is 7.86. The summed E-state index contributed by atoms with van der Waals surface area (Å²) in [5.41, 5.74) is 6.06. The number of aromatic nitrogens is 1. The maximum absolute atomic E-state index is 6.24. The highest BCUT2D eigenvalue weighted by atomic mass is 16.5. The van der Waals surface area contributed by atoms with E-state index in [1.165, 1.54) is 49.4 Å². The van der Waals surface area contributed by atoms with Gasteiger partial charge in [0.2, 0.25) is 0 Å². The number of benzene rings is 4. The van der Waals surface area contributed by atoms with E-state index >= 15 is 0 Å². The Hall–Kier alpha value is -4.34. The first-order chi connectivity index (χ1) is 18.6. The minimum atomic E-state index is 0.584. The lowest BCUT2D eigenvalue weighted by atomic mass is 9.97. The van der Waals surface area contributed by atoms with Crippen molar-refractivity contribution in [3.63, 3.8) is 0 Å². The van der Waals surface area contributed by atoms with Crippen LogP contribution in [-0.2, 0) is 24.5 Å². The molecule has 0 aliphatic rings. The molecule has 5 aromatic rings. The van der Waals surface area contributed by atoms with Crippen molar-refractivity contribution in [2.45, 2.75) is 26.7 Å². The minimum absolute atomic E-state index is 0.584. The molecule has 0 atom stereocenters. The van der Waals surface area contributed by atoms with Gasteiger partial charge in [-0.1, -0.05) is 78.9 Å². The Morgan fingerprint density at radius 2 is 1.42 bits per heavy atom. The lowest BCUT2D eigenvalue weighted by Gasteiger charge is -2.12. The summed E-state index contributed by atoms with van der Waals surface area (Å²) in [6.45, 7) is 7.91. The Labute approximate surface area is 225 Å². The van der Waals surface area contributed by atoms with Gasteiger partial charge < -0.3 is 4.74 Å². The van der Waals surface area contributed by atoms with E-state index in [-0.39, 0.29) is 0 Å². The van der Waals surface area contributed by atoms with Crippen molar-refractivity contribution >= 4 is 33.8 Å². The third kappa shape index (κ3) is 5.96. The molecule has 0 N–H and O–H groups in total. The fraction of sp³-hybridized carbons (Fsp3) is 0.143. The van der Waals surface area contributed by atoms with Crippen molar-refractivity contribution < 1.29 is 13.9 Å². The summed E-state index contributed by atoms with van der Waals surface area (Å²) in [4.78, 5) is 0. The number of allylic oxidation sites excluding steroid dienone is 3. The van der Waals surface area contributed by atoms with Crippen molar-refractivity contribution in [1.82, 2.24) is 0 Å². The summed E-state index contributed by atoms with van der Waals surface area (Å²) < 4.78 is 10.2. The molecule has 4 aromatic carbocycles. The van der Waals surface area contributed by atoms with Crippen LogP contribution in [0.5, 0.6) is 0 Å². The molecule has 1 aromatic heterocycles. The lowest BCUT2D eigenvalue weighted by molar-refractivity contribution is -0.688. The van der Waals surface area contributed by atoms with Crippen molar-refractivity contribution in [2.24, 2.45) is 0 Å². The first-order valence-electron chi connectivity index (χ1n) is 13.0. The van der Waals surface area contributed by atoms with E-state index in [1.807, 2.05) is 13.2 Å². The van der Waals surface area contributed by atoms with Crippen LogP contribution < -0.4 is 4.57 Å². The van der Waals surface area contributed by atoms with Gasteiger partial charge >= 0.3 is 0 Å². The van der Waals surface area contributed by atoms with Crippen LogP contribution >= 0.6 is 0 Å². The molecule has 0 saturated carbocycles. The van der Waals surface area contributed by atoms with Gasteiger partial charge in [0.1, 0.15) is 13.8 Å². The maximum atomic E-state index is 6.24. The Morgan fingerprint density at radius 1 is 0.816 bits per heavy atom. The monoisotopic (exact) mass is 498 g/mol.